The quantitative estimate of drug-likeness (QED) is 0.771. The van der Waals surface area contributed by atoms with E-state index in [1.807, 2.05) is 0 Å². The van der Waals surface area contributed by atoms with Crippen LogP contribution in [0.1, 0.15) is 58.8 Å². The average molecular weight is 210 g/mol. The van der Waals surface area contributed by atoms with E-state index >= 15 is 0 Å². The van der Waals surface area contributed by atoms with Gasteiger partial charge in [-0.25, -0.2) is 0 Å². The summed E-state index contributed by atoms with van der Waals surface area (Å²) in [6.07, 6.45) is 8.28. The zero-order valence-electron chi connectivity index (χ0n) is 9.88. The predicted octanol–water partition coefficient (Wildman–Crippen LogP) is 3.46. The zero-order chi connectivity index (χ0) is 11.1. The minimum atomic E-state index is -0.564. The van der Waals surface area contributed by atoms with Crippen molar-refractivity contribution >= 4 is 5.97 Å². The van der Waals surface area contributed by atoms with Crippen molar-refractivity contribution in [2.45, 2.75) is 58.8 Å². The largest absolute Gasteiger partial charge is 0.481 e. The molecule has 0 amide bonds. The molecule has 0 aromatic rings. The Bertz CT molecular complexity index is 264. The highest BCUT2D eigenvalue weighted by Crippen LogP contribution is 2.66. The average Bonchev–Trinajstić information content (AvgIpc) is 2.57. The molecule has 2 aliphatic carbocycles. The van der Waals surface area contributed by atoms with Crippen LogP contribution < -0.4 is 0 Å². The molecule has 86 valence electrons. The summed E-state index contributed by atoms with van der Waals surface area (Å²) in [4.78, 5) is 11.3. The van der Waals surface area contributed by atoms with Gasteiger partial charge >= 0.3 is 5.97 Å². The van der Waals surface area contributed by atoms with Crippen LogP contribution in [-0.4, -0.2) is 11.1 Å². The molecular weight excluding hydrogens is 188 g/mol. The number of hydrogen-bond donors (Lipinski definition) is 1. The Hall–Kier alpha value is -0.530. The van der Waals surface area contributed by atoms with Crippen molar-refractivity contribution in [3.05, 3.63) is 0 Å². The Morgan fingerprint density at radius 3 is 2.27 bits per heavy atom. The van der Waals surface area contributed by atoms with E-state index in [4.69, 9.17) is 0 Å². The van der Waals surface area contributed by atoms with Gasteiger partial charge < -0.3 is 5.11 Å². The molecule has 0 aromatic heterocycles. The molecule has 0 saturated heterocycles. The number of carboxylic acid groups (broad SMARTS) is 1. The molecular formula is C13H22O2. The fraction of sp³-hybridized carbons (Fsp3) is 0.923. The van der Waals surface area contributed by atoms with Crippen molar-refractivity contribution in [1.29, 1.82) is 0 Å². The van der Waals surface area contributed by atoms with Gasteiger partial charge in [0.25, 0.3) is 0 Å². The van der Waals surface area contributed by atoms with Gasteiger partial charge in [-0.15, -0.1) is 0 Å². The molecule has 15 heavy (non-hydrogen) atoms. The minimum Gasteiger partial charge on any atom is -0.481 e. The van der Waals surface area contributed by atoms with E-state index < -0.39 is 5.97 Å². The smallest absolute Gasteiger partial charge is 0.310 e. The van der Waals surface area contributed by atoms with Crippen molar-refractivity contribution in [2.24, 2.45) is 16.7 Å². The van der Waals surface area contributed by atoms with Crippen LogP contribution in [0.3, 0.4) is 0 Å². The zero-order valence-corrected chi connectivity index (χ0v) is 9.88. The topological polar surface area (TPSA) is 37.3 Å². The maximum Gasteiger partial charge on any atom is 0.310 e. The van der Waals surface area contributed by atoms with Crippen LogP contribution in [-0.2, 0) is 4.79 Å². The summed E-state index contributed by atoms with van der Waals surface area (Å²) in [5, 5.41) is 9.31. The van der Waals surface area contributed by atoms with Crippen LogP contribution in [0, 0.1) is 16.7 Å². The monoisotopic (exact) mass is 210 g/mol. The van der Waals surface area contributed by atoms with Gasteiger partial charge in [0.2, 0.25) is 0 Å². The summed E-state index contributed by atoms with van der Waals surface area (Å²) in [5.41, 5.74) is -0.340. The first-order valence-electron chi connectivity index (χ1n) is 6.21. The summed E-state index contributed by atoms with van der Waals surface area (Å²) in [7, 11) is 0. The highest BCUT2D eigenvalue weighted by Gasteiger charge is 2.65. The summed E-state index contributed by atoms with van der Waals surface area (Å²) < 4.78 is 0. The predicted molar refractivity (Wildman–Crippen MR) is 59.7 cm³/mol. The highest BCUT2D eigenvalue weighted by atomic mass is 16.4. The van der Waals surface area contributed by atoms with E-state index in [1.54, 1.807) is 0 Å². The van der Waals surface area contributed by atoms with Gasteiger partial charge in [0.15, 0.2) is 0 Å². The second-order valence-electron chi connectivity index (χ2n) is 6.14. The molecule has 0 bridgehead atoms. The Labute approximate surface area is 92.1 Å². The van der Waals surface area contributed by atoms with E-state index in [9.17, 15) is 9.90 Å². The lowest BCUT2D eigenvalue weighted by Crippen LogP contribution is -2.21. The molecule has 1 atom stereocenters. The molecule has 2 rings (SSSR count). The first-order chi connectivity index (χ1) is 6.98. The van der Waals surface area contributed by atoms with Crippen molar-refractivity contribution in [1.82, 2.24) is 0 Å². The fourth-order valence-electron chi connectivity index (χ4n) is 3.36. The molecule has 0 aromatic carbocycles. The van der Waals surface area contributed by atoms with E-state index in [0.29, 0.717) is 0 Å². The second kappa shape index (κ2) is 3.50. The first kappa shape index (κ1) is 11.0. The van der Waals surface area contributed by atoms with Crippen molar-refractivity contribution in [3.8, 4) is 0 Å². The minimum absolute atomic E-state index is 0.0391. The molecule has 1 unspecified atom stereocenters. The fourth-order valence-corrected chi connectivity index (χ4v) is 3.36. The van der Waals surface area contributed by atoms with Gasteiger partial charge in [0, 0.05) is 0 Å². The molecule has 2 saturated carbocycles. The van der Waals surface area contributed by atoms with Gasteiger partial charge in [-0.05, 0) is 30.6 Å². The lowest BCUT2D eigenvalue weighted by atomic mass is 9.87. The second-order valence-corrected chi connectivity index (χ2v) is 6.14. The number of aliphatic carboxylic acids is 1. The summed E-state index contributed by atoms with van der Waals surface area (Å²) in [6.45, 7) is 4.19. The summed E-state index contributed by atoms with van der Waals surface area (Å²) in [6, 6.07) is 0. The Balaban J connectivity index is 1.89. The van der Waals surface area contributed by atoms with Gasteiger partial charge in [-0.2, -0.15) is 0 Å². The van der Waals surface area contributed by atoms with Crippen LogP contribution in [0.15, 0.2) is 0 Å². The molecule has 2 fully saturated rings. The molecule has 0 heterocycles. The first-order valence-corrected chi connectivity index (χ1v) is 6.21. The molecule has 2 aliphatic rings. The SMILES string of the molecule is CC1(C)CC1(CCC1CCCC1)C(=O)O. The van der Waals surface area contributed by atoms with Crippen LogP contribution in [0.5, 0.6) is 0 Å². The maximum atomic E-state index is 11.3. The van der Waals surface area contributed by atoms with Gasteiger partial charge in [-0.1, -0.05) is 39.5 Å². The summed E-state index contributed by atoms with van der Waals surface area (Å²) in [5.74, 6) is 0.253. The Morgan fingerprint density at radius 1 is 1.33 bits per heavy atom. The van der Waals surface area contributed by atoms with E-state index in [1.165, 1.54) is 25.7 Å². The van der Waals surface area contributed by atoms with E-state index in [-0.39, 0.29) is 10.8 Å². The number of rotatable bonds is 4. The van der Waals surface area contributed by atoms with Crippen LogP contribution >= 0.6 is 0 Å². The number of carboxylic acids is 1. The molecule has 0 aliphatic heterocycles. The van der Waals surface area contributed by atoms with Crippen molar-refractivity contribution < 1.29 is 9.90 Å². The number of carbonyl (C=O) groups is 1. The molecule has 2 heteroatoms. The third-order valence-electron chi connectivity index (χ3n) is 4.78. The third kappa shape index (κ3) is 1.79. The van der Waals surface area contributed by atoms with Gasteiger partial charge in [-0.3, -0.25) is 4.79 Å². The lowest BCUT2D eigenvalue weighted by Gasteiger charge is -2.17. The third-order valence-corrected chi connectivity index (χ3v) is 4.78. The maximum absolute atomic E-state index is 11.3. The Kier molecular flexibility index (Phi) is 2.56. The Morgan fingerprint density at radius 2 is 1.87 bits per heavy atom. The lowest BCUT2D eigenvalue weighted by molar-refractivity contribution is -0.145. The van der Waals surface area contributed by atoms with Crippen LogP contribution in [0.4, 0.5) is 0 Å². The van der Waals surface area contributed by atoms with Crippen LogP contribution in [0.25, 0.3) is 0 Å². The number of hydrogen-bond acceptors (Lipinski definition) is 1. The standard InChI is InChI=1S/C13H22O2/c1-12(2)9-13(12,11(14)15)8-7-10-5-3-4-6-10/h10H,3-9H2,1-2H3,(H,14,15). The van der Waals surface area contributed by atoms with Crippen molar-refractivity contribution in [2.75, 3.05) is 0 Å². The molecule has 2 nitrogen and oxygen atoms in total. The summed E-state index contributed by atoms with van der Waals surface area (Å²) >= 11 is 0. The normalized spacial score (nSPS) is 34.3. The molecule has 0 radical (unpaired) electrons. The molecule has 0 spiro atoms. The van der Waals surface area contributed by atoms with E-state index in [2.05, 4.69) is 13.8 Å². The highest BCUT2D eigenvalue weighted by molar-refractivity contribution is 5.79. The van der Waals surface area contributed by atoms with Gasteiger partial charge in [0.1, 0.15) is 0 Å². The van der Waals surface area contributed by atoms with Crippen molar-refractivity contribution in [3.63, 3.8) is 0 Å². The molecule has 1 N–H and O–H groups in total. The van der Waals surface area contributed by atoms with E-state index in [0.717, 1.165) is 25.2 Å². The van der Waals surface area contributed by atoms with Gasteiger partial charge in [0.05, 0.1) is 5.41 Å². The van der Waals surface area contributed by atoms with Crippen LogP contribution in [0.2, 0.25) is 0 Å².